The Bertz CT molecular complexity index is 1140. The zero-order chi connectivity index (χ0) is 31.2. The van der Waals surface area contributed by atoms with E-state index in [1.165, 1.54) is 0 Å². The van der Waals surface area contributed by atoms with E-state index in [4.69, 9.17) is 19.4 Å². The van der Waals surface area contributed by atoms with Gasteiger partial charge < -0.3 is 35.8 Å². The van der Waals surface area contributed by atoms with Gasteiger partial charge in [0.2, 0.25) is 11.8 Å². The summed E-state index contributed by atoms with van der Waals surface area (Å²) in [5.41, 5.74) is 1.04. The molecule has 0 aliphatic carbocycles. The van der Waals surface area contributed by atoms with E-state index in [0.717, 1.165) is 24.1 Å². The van der Waals surface area contributed by atoms with Gasteiger partial charge in [-0.2, -0.15) is 0 Å². The minimum Gasteiger partial charge on any atom is -0.484 e. The van der Waals surface area contributed by atoms with Crippen LogP contribution in [0.2, 0.25) is 0 Å². The molecule has 11 heteroatoms. The van der Waals surface area contributed by atoms with E-state index in [9.17, 15) is 14.4 Å². The van der Waals surface area contributed by atoms with E-state index in [1.807, 2.05) is 54.6 Å². The summed E-state index contributed by atoms with van der Waals surface area (Å²) < 4.78 is 11.0. The maximum Gasteiger partial charge on any atom is 0.290 e. The molecule has 1 unspecified atom stereocenters. The normalized spacial score (nSPS) is 18.7. The second-order valence-electron chi connectivity index (χ2n) is 10.1. The molecule has 234 valence electrons. The summed E-state index contributed by atoms with van der Waals surface area (Å²) >= 11 is 0. The van der Waals surface area contributed by atoms with Gasteiger partial charge in [-0.05, 0) is 62.0 Å². The summed E-state index contributed by atoms with van der Waals surface area (Å²) in [5.74, 6) is 0.155. The second-order valence-corrected chi connectivity index (χ2v) is 10.1. The van der Waals surface area contributed by atoms with Crippen molar-refractivity contribution in [1.29, 1.82) is 0 Å². The summed E-state index contributed by atoms with van der Waals surface area (Å²) in [7, 11) is 1.61. The zero-order valence-corrected chi connectivity index (χ0v) is 24.8. The van der Waals surface area contributed by atoms with Gasteiger partial charge in [0.15, 0.2) is 6.61 Å². The maximum atomic E-state index is 13.8. The van der Waals surface area contributed by atoms with Crippen LogP contribution in [0.4, 0.5) is 0 Å². The Morgan fingerprint density at radius 3 is 2.47 bits per heavy atom. The molecule has 0 aromatic heterocycles. The number of amides is 3. The zero-order valence-electron chi connectivity index (χ0n) is 24.8. The van der Waals surface area contributed by atoms with Crippen molar-refractivity contribution in [3.8, 4) is 5.75 Å². The van der Waals surface area contributed by atoms with Crippen LogP contribution < -0.4 is 26.0 Å². The van der Waals surface area contributed by atoms with E-state index in [2.05, 4.69) is 21.3 Å². The first-order valence-electron chi connectivity index (χ1n) is 14.4. The molecule has 0 radical (unpaired) electrons. The third-order valence-electron chi connectivity index (χ3n) is 6.83. The van der Waals surface area contributed by atoms with E-state index in [0.29, 0.717) is 57.7 Å². The molecule has 3 amide bonds. The van der Waals surface area contributed by atoms with E-state index >= 15 is 0 Å². The summed E-state index contributed by atoms with van der Waals surface area (Å²) in [6, 6.07) is 17.3. The Kier molecular flexibility index (Phi) is 16.8. The first kappa shape index (κ1) is 35.0. The second kappa shape index (κ2) is 20.6. The van der Waals surface area contributed by atoms with Crippen LogP contribution in [0.5, 0.6) is 5.75 Å². The Morgan fingerprint density at radius 2 is 1.74 bits per heavy atom. The van der Waals surface area contributed by atoms with Crippen molar-refractivity contribution >= 4 is 30.3 Å². The third kappa shape index (κ3) is 14.0. The molecule has 2 aliphatic heterocycles. The predicted molar refractivity (Wildman–Crippen MR) is 164 cm³/mol. The molecule has 2 aromatic rings. The summed E-state index contributed by atoms with van der Waals surface area (Å²) in [4.78, 5) is 46.9. The molecule has 1 atom stereocenters. The standard InChI is InChI=1S/C31H42N4O5.CH2O2/c1-39-21-16-31(30(38)34-19-5-10-25-8-3-2-4-9-25)22-26-12-14-27(15-13-26)40-23-29(37)33-20-7-18-32-17-6-11-28(36)35-24-31;2-1-3/h2-5,8-10,12-15,32H,6-7,11,16-24H2,1H3,(H,33,37)(H,34,38)(H,35,36);1H,(H,2,3)/b10-5+;. The van der Waals surface area contributed by atoms with Gasteiger partial charge in [0, 0.05) is 39.8 Å². The van der Waals surface area contributed by atoms with Crippen LogP contribution in [0, 0.1) is 5.41 Å². The number of ether oxygens (including phenoxy) is 2. The highest BCUT2D eigenvalue weighted by Crippen LogP contribution is 2.29. The molecule has 2 bridgehead atoms. The van der Waals surface area contributed by atoms with Gasteiger partial charge in [-0.3, -0.25) is 19.2 Å². The highest BCUT2D eigenvalue weighted by molar-refractivity contribution is 5.85. The van der Waals surface area contributed by atoms with E-state index in [1.54, 1.807) is 19.2 Å². The fourth-order valence-corrected chi connectivity index (χ4v) is 4.50. The molecule has 2 aromatic carbocycles. The number of hydrogen-bond donors (Lipinski definition) is 5. The molecule has 43 heavy (non-hydrogen) atoms. The Morgan fingerprint density at radius 1 is 1.02 bits per heavy atom. The Labute approximate surface area is 253 Å². The molecule has 0 saturated heterocycles. The fourth-order valence-electron chi connectivity index (χ4n) is 4.50. The van der Waals surface area contributed by atoms with E-state index in [-0.39, 0.29) is 37.3 Å². The SMILES string of the molecule is COCCC1(C(=O)NC/C=C/c2ccccc2)CNC(=O)CCCNCCCNC(=O)COc2ccc(cc2)C1.O=CO. The minimum absolute atomic E-state index is 0.0600. The van der Waals surface area contributed by atoms with Crippen molar-refractivity contribution in [3.05, 3.63) is 71.8 Å². The molecule has 0 saturated carbocycles. The van der Waals surface area contributed by atoms with Crippen molar-refractivity contribution in [2.75, 3.05) is 53.0 Å². The number of carboxylic acid groups (broad SMARTS) is 1. The number of fused-ring (bicyclic) bond motifs is 17. The molecular formula is C32H44N4O7. The highest BCUT2D eigenvalue weighted by atomic mass is 16.5. The van der Waals surface area contributed by atoms with Crippen molar-refractivity contribution in [2.24, 2.45) is 5.41 Å². The summed E-state index contributed by atoms with van der Waals surface area (Å²) in [6.07, 6.45) is 6.52. The monoisotopic (exact) mass is 596 g/mol. The highest BCUT2D eigenvalue weighted by Gasteiger charge is 2.38. The first-order valence-corrected chi connectivity index (χ1v) is 14.4. The van der Waals surface area contributed by atoms with Gasteiger partial charge in [-0.25, -0.2) is 0 Å². The van der Waals surface area contributed by atoms with Gasteiger partial charge in [-0.1, -0.05) is 54.6 Å². The van der Waals surface area contributed by atoms with Crippen LogP contribution in [0.3, 0.4) is 0 Å². The maximum absolute atomic E-state index is 13.8. The average Bonchev–Trinajstić information content (AvgIpc) is 3.02. The van der Waals surface area contributed by atoms with Gasteiger partial charge in [-0.15, -0.1) is 0 Å². The molecule has 0 spiro atoms. The summed E-state index contributed by atoms with van der Waals surface area (Å²) in [5, 5.41) is 19.1. The number of rotatable bonds is 7. The number of methoxy groups -OCH3 is 1. The summed E-state index contributed by atoms with van der Waals surface area (Å²) in [6.45, 7) is 2.59. The van der Waals surface area contributed by atoms with Crippen LogP contribution >= 0.6 is 0 Å². The Hall–Kier alpha value is -4.22. The third-order valence-corrected chi connectivity index (χ3v) is 6.83. The Balaban J connectivity index is 0.00000206. The van der Waals surface area contributed by atoms with Gasteiger partial charge in [0.05, 0.1) is 5.41 Å². The van der Waals surface area contributed by atoms with Crippen molar-refractivity contribution in [2.45, 2.75) is 32.1 Å². The number of carbonyl (C=O) groups excluding carboxylic acids is 3. The number of nitrogens with one attached hydrogen (secondary N) is 4. The van der Waals surface area contributed by atoms with Gasteiger partial charge in [0.25, 0.3) is 12.4 Å². The lowest BCUT2D eigenvalue weighted by Crippen LogP contribution is -2.50. The number of benzene rings is 2. The molecule has 4 rings (SSSR count). The molecule has 11 nitrogen and oxygen atoms in total. The topological polar surface area (TPSA) is 155 Å². The average molecular weight is 597 g/mol. The fraction of sp³-hybridized carbons (Fsp3) is 0.438. The molecule has 5 N–H and O–H groups in total. The van der Waals surface area contributed by atoms with Crippen molar-refractivity contribution < 1.29 is 33.8 Å². The molecule has 0 fully saturated rings. The lowest BCUT2D eigenvalue weighted by atomic mass is 9.77. The molecular weight excluding hydrogens is 552 g/mol. The number of hydrogen-bond acceptors (Lipinski definition) is 7. The quantitative estimate of drug-likeness (QED) is 0.305. The lowest BCUT2D eigenvalue weighted by Gasteiger charge is -2.33. The lowest BCUT2D eigenvalue weighted by molar-refractivity contribution is -0.132. The van der Waals surface area contributed by atoms with Crippen molar-refractivity contribution in [3.63, 3.8) is 0 Å². The van der Waals surface area contributed by atoms with Crippen LogP contribution in [0.1, 0.15) is 36.8 Å². The van der Waals surface area contributed by atoms with Gasteiger partial charge >= 0.3 is 0 Å². The van der Waals surface area contributed by atoms with Crippen LogP contribution in [-0.2, 0) is 30.3 Å². The first-order chi connectivity index (χ1) is 20.9. The van der Waals surface area contributed by atoms with Crippen LogP contribution in [0.15, 0.2) is 60.7 Å². The largest absolute Gasteiger partial charge is 0.484 e. The molecule has 2 heterocycles. The number of carbonyl (C=O) groups is 4. The van der Waals surface area contributed by atoms with Crippen LogP contribution in [0.25, 0.3) is 6.08 Å². The molecule has 2 aliphatic rings. The van der Waals surface area contributed by atoms with E-state index < -0.39 is 5.41 Å². The van der Waals surface area contributed by atoms with Gasteiger partial charge in [0.1, 0.15) is 5.75 Å². The van der Waals surface area contributed by atoms with Crippen LogP contribution in [-0.4, -0.2) is 82.3 Å². The smallest absolute Gasteiger partial charge is 0.290 e. The van der Waals surface area contributed by atoms with Crippen molar-refractivity contribution in [1.82, 2.24) is 21.3 Å². The predicted octanol–water partition coefficient (Wildman–Crippen LogP) is 2.17. The minimum atomic E-state index is -0.923.